The lowest BCUT2D eigenvalue weighted by Gasteiger charge is -2.07. The van der Waals surface area contributed by atoms with E-state index in [1.165, 1.54) is 6.20 Å². The summed E-state index contributed by atoms with van der Waals surface area (Å²) < 4.78 is 10.5. The van der Waals surface area contributed by atoms with Crippen molar-refractivity contribution in [2.75, 3.05) is 6.61 Å². The second kappa shape index (κ2) is 7.50. The molecule has 0 radical (unpaired) electrons. The maximum Gasteiger partial charge on any atom is 0.341 e. The molecule has 2 rings (SSSR count). The minimum atomic E-state index is -0.397. The Bertz CT molecular complexity index is 600. The van der Waals surface area contributed by atoms with Crippen molar-refractivity contribution in [1.29, 1.82) is 0 Å². The van der Waals surface area contributed by atoms with Gasteiger partial charge in [0.2, 0.25) is 0 Å². The summed E-state index contributed by atoms with van der Waals surface area (Å²) in [6, 6.07) is 9.89. The van der Waals surface area contributed by atoms with E-state index in [0.29, 0.717) is 36.9 Å². The normalized spacial score (nSPS) is 10.4. The molecule has 0 aliphatic carbocycles. The Morgan fingerprint density at radius 3 is 2.62 bits per heavy atom. The number of aryl methyl sites for hydroxylation is 1. The van der Waals surface area contributed by atoms with Gasteiger partial charge in [-0.25, -0.2) is 14.8 Å². The maximum atomic E-state index is 11.6. The molecule has 0 amide bonds. The van der Waals surface area contributed by atoms with Crippen LogP contribution in [0.2, 0.25) is 0 Å². The standard InChI is InChI=1S/C16H18N2O3/c1-3-21-16(19)14-9-17-15(18-12(14)2)11-20-10-13-7-5-4-6-8-13/h4-9H,3,10-11H2,1-2H3. The van der Waals surface area contributed by atoms with Crippen molar-refractivity contribution in [1.82, 2.24) is 9.97 Å². The van der Waals surface area contributed by atoms with Crippen molar-refractivity contribution in [3.8, 4) is 0 Å². The molecular formula is C16H18N2O3. The lowest BCUT2D eigenvalue weighted by Crippen LogP contribution is -2.10. The summed E-state index contributed by atoms with van der Waals surface area (Å²) in [7, 11) is 0. The smallest absolute Gasteiger partial charge is 0.341 e. The highest BCUT2D eigenvalue weighted by atomic mass is 16.5. The van der Waals surface area contributed by atoms with E-state index >= 15 is 0 Å². The van der Waals surface area contributed by atoms with Crippen molar-refractivity contribution in [3.63, 3.8) is 0 Å². The van der Waals surface area contributed by atoms with E-state index < -0.39 is 5.97 Å². The maximum absolute atomic E-state index is 11.6. The van der Waals surface area contributed by atoms with Crippen LogP contribution in [0.3, 0.4) is 0 Å². The molecule has 5 heteroatoms. The van der Waals surface area contributed by atoms with E-state index in [4.69, 9.17) is 9.47 Å². The SMILES string of the molecule is CCOC(=O)c1cnc(COCc2ccccc2)nc1C. The Kier molecular flexibility index (Phi) is 5.40. The molecule has 0 aliphatic rings. The summed E-state index contributed by atoms with van der Waals surface area (Å²) >= 11 is 0. The third kappa shape index (κ3) is 4.36. The van der Waals surface area contributed by atoms with Gasteiger partial charge in [-0.2, -0.15) is 0 Å². The minimum absolute atomic E-state index is 0.304. The van der Waals surface area contributed by atoms with E-state index in [1.807, 2.05) is 30.3 Å². The molecule has 0 fully saturated rings. The van der Waals surface area contributed by atoms with Gasteiger partial charge in [0.15, 0.2) is 5.82 Å². The summed E-state index contributed by atoms with van der Waals surface area (Å²) in [6.07, 6.45) is 1.49. The quantitative estimate of drug-likeness (QED) is 0.764. The van der Waals surface area contributed by atoms with Crippen LogP contribution in [0, 0.1) is 6.92 Å². The molecule has 2 aromatic rings. The Morgan fingerprint density at radius 1 is 1.19 bits per heavy atom. The van der Waals surface area contributed by atoms with E-state index in [9.17, 15) is 4.79 Å². The second-order valence-corrected chi connectivity index (χ2v) is 4.48. The highest BCUT2D eigenvalue weighted by Crippen LogP contribution is 2.08. The van der Waals surface area contributed by atoms with Gasteiger partial charge in [0, 0.05) is 6.20 Å². The fraction of sp³-hybridized carbons (Fsp3) is 0.312. The van der Waals surface area contributed by atoms with Crippen LogP contribution in [-0.4, -0.2) is 22.5 Å². The van der Waals surface area contributed by atoms with Gasteiger partial charge in [-0.15, -0.1) is 0 Å². The van der Waals surface area contributed by atoms with E-state index in [-0.39, 0.29) is 0 Å². The predicted octanol–water partition coefficient (Wildman–Crippen LogP) is 2.68. The Balaban J connectivity index is 1.93. The van der Waals surface area contributed by atoms with Crippen LogP contribution in [0.15, 0.2) is 36.5 Å². The van der Waals surface area contributed by atoms with Crippen LogP contribution in [0.4, 0.5) is 0 Å². The van der Waals surface area contributed by atoms with Gasteiger partial charge in [0.25, 0.3) is 0 Å². The Morgan fingerprint density at radius 2 is 1.95 bits per heavy atom. The van der Waals surface area contributed by atoms with Crippen LogP contribution in [-0.2, 0) is 22.7 Å². The number of benzene rings is 1. The van der Waals surface area contributed by atoms with Crippen molar-refractivity contribution < 1.29 is 14.3 Å². The van der Waals surface area contributed by atoms with Gasteiger partial charge in [0.1, 0.15) is 6.61 Å². The molecule has 0 aliphatic heterocycles. The highest BCUT2D eigenvalue weighted by molar-refractivity contribution is 5.90. The third-order valence-electron chi connectivity index (χ3n) is 2.87. The van der Waals surface area contributed by atoms with Crippen molar-refractivity contribution in [2.24, 2.45) is 0 Å². The average molecular weight is 286 g/mol. The first-order valence-corrected chi connectivity index (χ1v) is 6.82. The molecule has 0 N–H and O–H groups in total. The number of ether oxygens (including phenoxy) is 2. The predicted molar refractivity (Wildman–Crippen MR) is 77.7 cm³/mol. The molecular weight excluding hydrogens is 268 g/mol. The number of nitrogens with zero attached hydrogens (tertiary/aromatic N) is 2. The molecule has 1 aromatic heterocycles. The number of aromatic nitrogens is 2. The number of rotatable bonds is 6. The largest absolute Gasteiger partial charge is 0.462 e. The van der Waals surface area contributed by atoms with Crippen LogP contribution < -0.4 is 0 Å². The zero-order valence-electron chi connectivity index (χ0n) is 12.2. The molecule has 0 spiro atoms. The first kappa shape index (κ1) is 15.1. The fourth-order valence-electron chi connectivity index (χ4n) is 1.83. The van der Waals surface area contributed by atoms with Gasteiger partial charge in [-0.05, 0) is 19.4 Å². The average Bonchev–Trinajstić information content (AvgIpc) is 2.48. The first-order valence-electron chi connectivity index (χ1n) is 6.82. The van der Waals surface area contributed by atoms with Gasteiger partial charge in [0.05, 0.1) is 24.5 Å². The molecule has 0 bridgehead atoms. The lowest BCUT2D eigenvalue weighted by atomic mass is 10.2. The molecule has 110 valence electrons. The van der Waals surface area contributed by atoms with Gasteiger partial charge < -0.3 is 9.47 Å². The van der Waals surface area contributed by atoms with Crippen LogP contribution in [0.25, 0.3) is 0 Å². The minimum Gasteiger partial charge on any atom is -0.462 e. The molecule has 0 saturated heterocycles. The summed E-state index contributed by atoms with van der Waals surface area (Å²) in [5.41, 5.74) is 2.09. The van der Waals surface area contributed by atoms with Crippen molar-refractivity contribution in [3.05, 3.63) is 59.2 Å². The number of carbonyl (C=O) groups is 1. The molecule has 5 nitrogen and oxygen atoms in total. The summed E-state index contributed by atoms with van der Waals surface area (Å²) in [4.78, 5) is 20.1. The van der Waals surface area contributed by atoms with E-state index in [0.717, 1.165) is 5.56 Å². The topological polar surface area (TPSA) is 61.3 Å². The van der Waals surface area contributed by atoms with E-state index in [1.54, 1.807) is 13.8 Å². The Hall–Kier alpha value is -2.27. The molecule has 0 saturated carbocycles. The molecule has 1 heterocycles. The molecule has 21 heavy (non-hydrogen) atoms. The molecule has 0 unspecified atom stereocenters. The van der Waals surface area contributed by atoms with Gasteiger partial charge >= 0.3 is 5.97 Å². The molecule has 0 atom stereocenters. The number of esters is 1. The second-order valence-electron chi connectivity index (χ2n) is 4.48. The number of carbonyl (C=O) groups excluding carboxylic acids is 1. The van der Waals surface area contributed by atoms with Gasteiger partial charge in [-0.1, -0.05) is 30.3 Å². The van der Waals surface area contributed by atoms with Crippen LogP contribution in [0.1, 0.15) is 34.4 Å². The highest BCUT2D eigenvalue weighted by Gasteiger charge is 2.12. The summed E-state index contributed by atoms with van der Waals surface area (Å²) in [5.74, 6) is 0.156. The summed E-state index contributed by atoms with van der Waals surface area (Å²) in [5, 5.41) is 0. The van der Waals surface area contributed by atoms with Crippen molar-refractivity contribution >= 4 is 5.97 Å². The lowest BCUT2D eigenvalue weighted by molar-refractivity contribution is 0.0523. The fourth-order valence-corrected chi connectivity index (χ4v) is 1.83. The first-order chi connectivity index (χ1) is 10.2. The third-order valence-corrected chi connectivity index (χ3v) is 2.87. The van der Waals surface area contributed by atoms with Crippen LogP contribution in [0.5, 0.6) is 0 Å². The number of hydrogen-bond donors (Lipinski definition) is 0. The van der Waals surface area contributed by atoms with Gasteiger partial charge in [-0.3, -0.25) is 0 Å². The summed E-state index contributed by atoms with van der Waals surface area (Å²) in [6.45, 7) is 4.66. The monoisotopic (exact) mass is 286 g/mol. The zero-order chi connectivity index (χ0) is 15.1. The molecule has 1 aromatic carbocycles. The zero-order valence-corrected chi connectivity index (χ0v) is 12.2. The Labute approximate surface area is 124 Å². The van der Waals surface area contributed by atoms with E-state index in [2.05, 4.69) is 9.97 Å². The van der Waals surface area contributed by atoms with Crippen LogP contribution >= 0.6 is 0 Å². The number of hydrogen-bond acceptors (Lipinski definition) is 5. The van der Waals surface area contributed by atoms with Crippen molar-refractivity contribution in [2.45, 2.75) is 27.1 Å².